The Hall–Kier alpha value is -3.90. The SMILES string of the molecule is [2H]c1c([2H])c([2H])c2c(-c3ccc4ccccc4c3)c3c([2H])c(-c4ccccc4)c([2H])c([2H])c3cc2c1[2H]. The third-order valence-electron chi connectivity index (χ3n) is 5.45. The van der Waals surface area contributed by atoms with Gasteiger partial charge in [-0.3, -0.25) is 0 Å². The molecule has 0 aliphatic heterocycles. The normalized spacial score (nSPS) is 14.6. The van der Waals surface area contributed by atoms with Crippen LogP contribution < -0.4 is 0 Å². The van der Waals surface area contributed by atoms with E-state index >= 15 is 0 Å². The zero-order valence-electron chi connectivity index (χ0n) is 23.0. The quantitative estimate of drug-likeness (QED) is 0.261. The van der Waals surface area contributed by atoms with E-state index in [4.69, 9.17) is 8.22 Å². The average Bonchev–Trinajstić information content (AvgIpc) is 2.93. The second kappa shape index (κ2) is 6.86. The van der Waals surface area contributed by atoms with Gasteiger partial charge in [-0.15, -0.1) is 0 Å². The number of hydrogen-bond acceptors (Lipinski definition) is 0. The van der Waals surface area contributed by atoms with Gasteiger partial charge in [-0.05, 0) is 72.7 Å². The lowest BCUT2D eigenvalue weighted by Gasteiger charge is -2.14. The van der Waals surface area contributed by atoms with E-state index in [-0.39, 0.29) is 47.7 Å². The van der Waals surface area contributed by atoms with Gasteiger partial charge in [0.25, 0.3) is 0 Å². The molecule has 6 aromatic rings. The Bertz CT molecular complexity index is 1890. The van der Waals surface area contributed by atoms with Crippen LogP contribution in [0.15, 0.2) is 121 Å². The first kappa shape index (κ1) is 11.3. The second-order valence-electron chi connectivity index (χ2n) is 7.27. The Morgan fingerprint density at radius 1 is 0.467 bits per heavy atom. The number of hydrogen-bond donors (Lipinski definition) is 0. The van der Waals surface area contributed by atoms with Crippen molar-refractivity contribution in [3.63, 3.8) is 0 Å². The van der Waals surface area contributed by atoms with Crippen molar-refractivity contribution in [3.8, 4) is 22.3 Å². The van der Waals surface area contributed by atoms with Crippen molar-refractivity contribution in [1.82, 2.24) is 0 Å². The molecule has 0 bridgehead atoms. The van der Waals surface area contributed by atoms with Crippen LogP contribution in [0.3, 0.4) is 0 Å². The van der Waals surface area contributed by atoms with Gasteiger partial charge in [-0.25, -0.2) is 0 Å². The highest BCUT2D eigenvalue weighted by molar-refractivity contribution is 6.14. The topological polar surface area (TPSA) is 0 Å². The van der Waals surface area contributed by atoms with Crippen LogP contribution in [0.5, 0.6) is 0 Å². The molecule has 0 saturated heterocycles. The van der Waals surface area contributed by atoms with Crippen molar-refractivity contribution in [1.29, 1.82) is 0 Å². The molecular weight excluding hydrogens is 360 g/mol. The van der Waals surface area contributed by atoms with Crippen LogP contribution in [0.4, 0.5) is 0 Å². The molecule has 6 aromatic carbocycles. The van der Waals surface area contributed by atoms with E-state index in [9.17, 15) is 1.37 Å². The fraction of sp³-hybridized carbons (Fsp3) is 0. The molecule has 140 valence electrons. The van der Waals surface area contributed by atoms with E-state index < -0.39 is 0 Å². The van der Waals surface area contributed by atoms with Gasteiger partial charge < -0.3 is 0 Å². The third kappa shape index (κ3) is 2.77. The Morgan fingerprint density at radius 2 is 1.23 bits per heavy atom. The fourth-order valence-corrected chi connectivity index (χ4v) is 4.00. The Morgan fingerprint density at radius 3 is 2.13 bits per heavy atom. The van der Waals surface area contributed by atoms with Crippen molar-refractivity contribution in [2.45, 2.75) is 0 Å². The van der Waals surface area contributed by atoms with Gasteiger partial charge >= 0.3 is 0 Å². The van der Waals surface area contributed by atoms with Gasteiger partial charge in [0, 0.05) is 0 Å². The van der Waals surface area contributed by atoms with Crippen LogP contribution in [0.1, 0.15) is 9.60 Å². The molecule has 0 fully saturated rings. The Labute approximate surface area is 185 Å². The van der Waals surface area contributed by atoms with Gasteiger partial charge in [-0.2, -0.15) is 0 Å². The molecule has 0 aromatic heterocycles. The second-order valence-corrected chi connectivity index (χ2v) is 7.27. The molecule has 0 saturated carbocycles. The van der Waals surface area contributed by atoms with Gasteiger partial charge in [0.15, 0.2) is 0 Å². The minimum absolute atomic E-state index is 0.0552. The van der Waals surface area contributed by atoms with E-state index in [2.05, 4.69) is 0 Å². The van der Waals surface area contributed by atoms with Crippen LogP contribution in [0.25, 0.3) is 54.6 Å². The maximum absolute atomic E-state index is 9.27. The molecule has 30 heavy (non-hydrogen) atoms. The first-order valence-corrected chi connectivity index (χ1v) is 9.80. The molecule has 0 aliphatic rings. The number of rotatable bonds is 2. The van der Waals surface area contributed by atoms with Crippen LogP contribution in [0.2, 0.25) is 0 Å². The molecule has 0 heterocycles. The monoisotopic (exact) mass is 387 g/mol. The van der Waals surface area contributed by atoms with E-state index in [1.165, 1.54) is 0 Å². The summed E-state index contributed by atoms with van der Waals surface area (Å²) in [6.45, 7) is 0. The lowest BCUT2D eigenvalue weighted by molar-refractivity contribution is 1.64. The van der Waals surface area contributed by atoms with Crippen molar-refractivity contribution < 1.29 is 9.60 Å². The molecule has 0 unspecified atom stereocenters. The highest BCUT2D eigenvalue weighted by Gasteiger charge is 2.12. The number of fused-ring (bicyclic) bond motifs is 3. The van der Waals surface area contributed by atoms with Crippen LogP contribution >= 0.6 is 0 Å². The maximum Gasteiger partial charge on any atom is 0.0636 e. The Kier molecular flexibility index (Phi) is 2.59. The predicted molar refractivity (Wildman–Crippen MR) is 130 cm³/mol. The first-order valence-electron chi connectivity index (χ1n) is 13.3. The summed E-state index contributed by atoms with van der Waals surface area (Å²) in [6.07, 6.45) is 0. The summed E-state index contributed by atoms with van der Waals surface area (Å²) in [5.41, 5.74) is 2.12. The van der Waals surface area contributed by atoms with Crippen molar-refractivity contribution >= 4 is 32.3 Å². The summed E-state index contributed by atoms with van der Waals surface area (Å²) in [6, 6.07) is 23.0. The third-order valence-corrected chi connectivity index (χ3v) is 5.45. The van der Waals surface area contributed by atoms with Crippen LogP contribution in [0, 0.1) is 0 Å². The summed E-state index contributed by atoms with van der Waals surface area (Å²) < 4.78 is 60.9. The lowest BCUT2D eigenvalue weighted by atomic mass is 9.89. The summed E-state index contributed by atoms with van der Waals surface area (Å²) in [5.74, 6) is 0. The highest BCUT2D eigenvalue weighted by atomic mass is 14.1. The Balaban J connectivity index is 1.90. The van der Waals surface area contributed by atoms with Gasteiger partial charge in [0.05, 0.1) is 9.60 Å². The molecule has 0 N–H and O–H groups in total. The largest absolute Gasteiger partial charge is 0.0636 e. The lowest BCUT2D eigenvalue weighted by Crippen LogP contribution is -1.87. The zero-order chi connectivity index (χ0) is 26.0. The standard InChI is InChI=1S/C30H20/c1-2-8-21(9-3-1)24-15-16-26-19-25-12-6-7-13-28(25)30(29(26)20-24)27-17-14-22-10-4-5-11-23(22)18-27/h1-20H/i6D,7D,12D,13D,15D,16D,20D. The van der Waals surface area contributed by atoms with Gasteiger partial charge in [0.1, 0.15) is 0 Å². The van der Waals surface area contributed by atoms with E-state index in [0.29, 0.717) is 38.4 Å². The smallest absolute Gasteiger partial charge is 0.0622 e. The van der Waals surface area contributed by atoms with Crippen molar-refractivity contribution in [3.05, 3.63) is 121 Å². The highest BCUT2D eigenvalue weighted by Crippen LogP contribution is 2.39. The molecule has 0 amide bonds. The van der Waals surface area contributed by atoms with E-state index in [0.717, 1.165) is 10.8 Å². The van der Waals surface area contributed by atoms with E-state index in [1.807, 2.05) is 60.7 Å². The summed E-state index contributed by atoms with van der Waals surface area (Å²) in [4.78, 5) is 0. The molecule has 0 nitrogen and oxygen atoms in total. The number of benzene rings is 6. The molecular formula is C30H20. The average molecular weight is 388 g/mol. The van der Waals surface area contributed by atoms with Crippen LogP contribution in [-0.4, -0.2) is 0 Å². The molecule has 0 radical (unpaired) electrons. The zero-order valence-corrected chi connectivity index (χ0v) is 16.0. The van der Waals surface area contributed by atoms with Crippen molar-refractivity contribution in [2.75, 3.05) is 0 Å². The van der Waals surface area contributed by atoms with E-state index in [1.54, 1.807) is 18.2 Å². The summed E-state index contributed by atoms with van der Waals surface area (Å²) in [5, 5.41) is 3.25. The molecule has 0 aliphatic carbocycles. The molecule has 0 spiro atoms. The van der Waals surface area contributed by atoms with Crippen molar-refractivity contribution in [2.24, 2.45) is 0 Å². The summed E-state index contributed by atoms with van der Waals surface area (Å²) in [7, 11) is 0. The molecule has 6 rings (SSSR count). The minimum Gasteiger partial charge on any atom is -0.0622 e. The fourth-order valence-electron chi connectivity index (χ4n) is 4.00. The molecule has 0 heteroatoms. The minimum atomic E-state index is -0.356. The van der Waals surface area contributed by atoms with Crippen LogP contribution in [-0.2, 0) is 0 Å². The van der Waals surface area contributed by atoms with Gasteiger partial charge in [0.2, 0.25) is 0 Å². The first-order chi connectivity index (χ1) is 17.8. The summed E-state index contributed by atoms with van der Waals surface area (Å²) >= 11 is 0. The van der Waals surface area contributed by atoms with Gasteiger partial charge in [-0.1, -0.05) is 103 Å². The molecule has 0 atom stereocenters. The predicted octanol–water partition coefficient (Wildman–Crippen LogP) is 8.48. The maximum atomic E-state index is 9.27.